The van der Waals surface area contributed by atoms with E-state index < -0.39 is 0 Å². The van der Waals surface area contributed by atoms with E-state index in [-0.39, 0.29) is 23.5 Å². The number of benzene rings is 5. The zero-order valence-electron chi connectivity index (χ0n) is 51.5. The number of H-pyrrole nitrogens is 1. The first-order valence-electron chi connectivity index (χ1n) is 31.4. The molecule has 0 spiro atoms. The predicted molar refractivity (Wildman–Crippen MR) is 358 cm³/mol. The first-order chi connectivity index (χ1) is 44.5. The lowest BCUT2D eigenvalue weighted by atomic mass is 10.0. The normalized spacial score (nSPS) is 16.5. The molecule has 464 valence electrons. The Kier molecular flexibility index (Phi) is 17.2. The average molecular weight is 1220 g/mol. The van der Waals surface area contributed by atoms with Gasteiger partial charge in [-0.1, -0.05) is 80.4 Å². The first kappa shape index (κ1) is 59.5. The Balaban J connectivity index is 0.000000125. The molecule has 10 heterocycles. The molecule has 9 aromatic rings. The van der Waals surface area contributed by atoms with E-state index in [2.05, 4.69) is 169 Å². The highest BCUT2D eigenvalue weighted by Gasteiger charge is 2.32. The monoisotopic (exact) mass is 1220 g/mol. The van der Waals surface area contributed by atoms with E-state index >= 15 is 0 Å². The Morgan fingerprint density at radius 1 is 0.451 bits per heavy atom. The quantitative estimate of drug-likeness (QED) is 0.132. The van der Waals surface area contributed by atoms with Gasteiger partial charge in [0.05, 0.1) is 54.1 Å². The molecular formula is C70H75N17O4. The number of aryl methyl sites for hydroxylation is 1. The Labute approximate surface area is 529 Å². The number of nitrogens with zero attached hydrogens (tertiary/aromatic N) is 16. The molecule has 0 unspecified atom stereocenters. The van der Waals surface area contributed by atoms with Crippen molar-refractivity contribution in [3.63, 3.8) is 0 Å². The number of phenolic OH excluding ortho intramolecular Hbond substituents is 1. The lowest BCUT2D eigenvalue weighted by Crippen LogP contribution is -2.49. The number of anilines is 6. The van der Waals surface area contributed by atoms with Gasteiger partial charge in [0.2, 0.25) is 17.7 Å². The predicted octanol–water partition coefficient (Wildman–Crippen LogP) is 7.82. The van der Waals surface area contributed by atoms with Gasteiger partial charge in [-0.3, -0.25) is 19.5 Å². The van der Waals surface area contributed by atoms with Crippen molar-refractivity contribution in [3.8, 4) is 5.75 Å². The number of aromatic amines is 1. The molecule has 6 aliphatic rings. The van der Waals surface area contributed by atoms with Crippen LogP contribution in [0.25, 0.3) is 32.4 Å². The summed E-state index contributed by atoms with van der Waals surface area (Å²) in [6.45, 7) is 26.6. The van der Waals surface area contributed by atoms with Crippen LogP contribution in [0.4, 0.5) is 34.5 Å². The van der Waals surface area contributed by atoms with E-state index in [4.69, 9.17) is 0 Å². The second-order valence-corrected chi connectivity index (χ2v) is 23.7. The van der Waals surface area contributed by atoms with Crippen molar-refractivity contribution in [1.82, 2.24) is 54.8 Å². The summed E-state index contributed by atoms with van der Waals surface area (Å²) in [5.41, 5.74) is 12.8. The molecule has 5 aromatic carbocycles. The number of nitrogens with one attached hydrogen (secondary N) is 1. The fourth-order valence-corrected chi connectivity index (χ4v) is 13.8. The molecule has 0 radical (unpaired) electrons. The number of carbonyl (C=O) groups is 3. The van der Waals surface area contributed by atoms with Crippen LogP contribution in [0.5, 0.6) is 5.75 Å². The first-order valence-corrected chi connectivity index (χ1v) is 31.4. The van der Waals surface area contributed by atoms with Crippen molar-refractivity contribution in [1.29, 1.82) is 0 Å². The minimum absolute atomic E-state index is 0.00111. The Hall–Kier alpha value is -10.4. The van der Waals surface area contributed by atoms with Gasteiger partial charge in [0.1, 0.15) is 42.2 Å². The molecule has 0 bridgehead atoms. The number of hydrogen-bond donors (Lipinski definition) is 2. The van der Waals surface area contributed by atoms with Crippen LogP contribution < -0.4 is 29.4 Å². The second kappa shape index (κ2) is 26.3. The molecule has 0 aliphatic carbocycles. The maximum absolute atomic E-state index is 11.9. The fourth-order valence-electron chi connectivity index (χ4n) is 13.8. The van der Waals surface area contributed by atoms with Gasteiger partial charge in [0.15, 0.2) is 0 Å². The van der Waals surface area contributed by atoms with Crippen LogP contribution in [-0.2, 0) is 53.3 Å². The zero-order valence-corrected chi connectivity index (χ0v) is 51.5. The molecule has 4 aromatic heterocycles. The largest absolute Gasteiger partial charge is 0.508 e. The van der Waals surface area contributed by atoms with Gasteiger partial charge in [-0.25, -0.2) is 29.9 Å². The van der Waals surface area contributed by atoms with Crippen LogP contribution in [0.2, 0.25) is 0 Å². The molecule has 0 saturated carbocycles. The average Bonchev–Trinajstić information content (AvgIpc) is 2.27. The van der Waals surface area contributed by atoms with Crippen LogP contribution in [0.1, 0.15) is 39.3 Å². The maximum Gasteiger partial charge on any atom is 0.246 e. The summed E-state index contributed by atoms with van der Waals surface area (Å²) >= 11 is 0. The van der Waals surface area contributed by atoms with E-state index in [1.54, 1.807) is 25.0 Å². The van der Waals surface area contributed by atoms with Crippen LogP contribution in [0.3, 0.4) is 0 Å². The fraction of sp³-hybridized carbons (Fsp3) is 0.314. The highest BCUT2D eigenvalue weighted by atomic mass is 16.3. The standard InChI is InChI=1S/C24H25N5O2.C24H25N5O.C22H25N7O/c1-2-23(31)27-10-12-28(13-11-27)24-19-8-9-29(15-21(19)25-16-26-24)22-5-3-4-17-6-7-18(30)14-20(17)22;1-2-23(30)27-12-14-28(15-13-27)24-20-10-11-29(16-21(20)25-17-26-24)22-9-5-7-18-6-3-4-8-19(18)22;1-3-20(30)27-8-10-28(11-9-27)22-16-6-7-29(13-19(16)23-14-24-22)21-15(2)4-5-18-17(21)12-25-26-18/h2-7,14,16,30H,1,8-13,15H2;2-9,17H,1,10-16H2;3-5,12,14H,1,6-11,13H2,2H3,(H,25,26). The van der Waals surface area contributed by atoms with Crippen molar-refractivity contribution >= 4 is 84.7 Å². The maximum atomic E-state index is 11.9. The van der Waals surface area contributed by atoms with Gasteiger partial charge >= 0.3 is 0 Å². The molecule has 6 aliphatic heterocycles. The van der Waals surface area contributed by atoms with E-state index in [9.17, 15) is 19.5 Å². The van der Waals surface area contributed by atoms with Gasteiger partial charge < -0.3 is 49.2 Å². The molecule has 21 heteroatoms. The topological polar surface area (TPSA) is 207 Å². The molecular weight excluding hydrogens is 1140 g/mol. The second-order valence-electron chi connectivity index (χ2n) is 23.7. The van der Waals surface area contributed by atoms with Gasteiger partial charge in [0, 0.05) is 142 Å². The number of hydrogen-bond acceptors (Lipinski definition) is 17. The third-order valence-electron chi connectivity index (χ3n) is 18.6. The molecule has 2 N–H and O–H groups in total. The smallest absolute Gasteiger partial charge is 0.246 e. The summed E-state index contributed by atoms with van der Waals surface area (Å²) in [6.07, 6.45) is 13.7. The highest BCUT2D eigenvalue weighted by Crippen LogP contribution is 2.38. The summed E-state index contributed by atoms with van der Waals surface area (Å²) in [5.74, 6) is 3.30. The number of aromatic hydroxyl groups is 1. The Morgan fingerprint density at radius 3 is 1.36 bits per heavy atom. The van der Waals surface area contributed by atoms with Gasteiger partial charge in [-0.15, -0.1) is 0 Å². The van der Waals surface area contributed by atoms with Crippen LogP contribution >= 0.6 is 0 Å². The number of aromatic nitrogens is 8. The van der Waals surface area contributed by atoms with Crippen molar-refractivity contribution in [2.45, 2.75) is 45.8 Å². The molecule has 3 fully saturated rings. The zero-order chi connectivity index (χ0) is 62.5. The number of rotatable bonds is 9. The number of fused-ring (bicyclic) bond motifs is 6. The van der Waals surface area contributed by atoms with Gasteiger partial charge in [-0.05, 0) is 91.1 Å². The van der Waals surface area contributed by atoms with E-state index in [1.807, 2.05) is 33.0 Å². The van der Waals surface area contributed by atoms with E-state index in [0.29, 0.717) is 45.8 Å². The summed E-state index contributed by atoms with van der Waals surface area (Å²) in [6, 6.07) is 31.0. The molecule has 3 saturated heterocycles. The number of piperazine rings is 3. The molecule has 3 amide bonds. The van der Waals surface area contributed by atoms with Gasteiger partial charge in [-0.2, -0.15) is 5.10 Å². The number of amides is 3. The lowest BCUT2D eigenvalue weighted by Gasteiger charge is -2.38. The van der Waals surface area contributed by atoms with E-state index in [0.717, 1.165) is 153 Å². The summed E-state index contributed by atoms with van der Waals surface area (Å²) in [5, 5.41) is 23.1. The Bertz CT molecular complexity index is 4220. The third kappa shape index (κ3) is 12.3. The highest BCUT2D eigenvalue weighted by molar-refractivity contribution is 5.97. The lowest BCUT2D eigenvalue weighted by molar-refractivity contribution is -0.127. The van der Waals surface area contributed by atoms with Gasteiger partial charge in [0.25, 0.3) is 0 Å². The van der Waals surface area contributed by atoms with Crippen molar-refractivity contribution < 1.29 is 19.5 Å². The molecule has 15 rings (SSSR count). The SMILES string of the molecule is C=CC(=O)N1CCN(c2ncnc3c2CCN(c2c(C)ccc4[nH]ncc24)C3)CC1.C=CC(=O)N1CCN(c2ncnc3c2CCN(c2cccc4ccc(O)cc24)C3)CC1.C=CC(=O)N1CCN(c2ncnc3c2CCN(c2cccc4ccccc24)C3)CC1. The van der Waals surface area contributed by atoms with Crippen LogP contribution in [0.15, 0.2) is 154 Å². The Morgan fingerprint density at radius 2 is 0.879 bits per heavy atom. The minimum Gasteiger partial charge on any atom is -0.508 e. The van der Waals surface area contributed by atoms with Crippen molar-refractivity contribution in [2.75, 3.05) is 128 Å². The summed E-state index contributed by atoms with van der Waals surface area (Å²) < 4.78 is 0. The number of phenols is 1. The molecule has 21 nitrogen and oxygen atoms in total. The van der Waals surface area contributed by atoms with Crippen molar-refractivity contribution in [2.24, 2.45) is 0 Å². The van der Waals surface area contributed by atoms with E-state index in [1.165, 1.54) is 62.6 Å². The van der Waals surface area contributed by atoms with Crippen molar-refractivity contribution in [3.05, 3.63) is 193 Å². The number of carbonyl (C=O) groups excluding carboxylic acids is 3. The van der Waals surface area contributed by atoms with Crippen LogP contribution in [-0.4, -0.2) is 176 Å². The molecule has 91 heavy (non-hydrogen) atoms. The van der Waals surface area contributed by atoms with Crippen LogP contribution in [0, 0.1) is 6.92 Å². The summed E-state index contributed by atoms with van der Waals surface area (Å²) in [4.78, 5) is 82.8. The summed E-state index contributed by atoms with van der Waals surface area (Å²) in [7, 11) is 0. The third-order valence-corrected chi connectivity index (χ3v) is 18.6. The minimum atomic E-state index is -0.0128. The molecule has 0 atom stereocenters.